The maximum atomic E-state index is 11.4. The first-order valence-corrected chi connectivity index (χ1v) is 6.41. The summed E-state index contributed by atoms with van der Waals surface area (Å²) in [5.74, 6) is 0.556. The highest BCUT2D eigenvalue weighted by atomic mass is 16.5. The number of ether oxygens (including phenoxy) is 1. The topological polar surface area (TPSA) is 102 Å². The van der Waals surface area contributed by atoms with E-state index < -0.39 is 13.5 Å². The highest BCUT2D eigenvalue weighted by Gasteiger charge is 2.32. The third-order valence-electron chi connectivity index (χ3n) is 3.10. The molecule has 1 aliphatic heterocycles. The van der Waals surface area contributed by atoms with Crippen molar-refractivity contribution in [2.45, 2.75) is 6.10 Å². The van der Waals surface area contributed by atoms with Gasteiger partial charge < -0.3 is 25.2 Å². The zero-order valence-corrected chi connectivity index (χ0v) is 11.3. The highest BCUT2D eigenvalue weighted by Crippen LogP contribution is 2.23. The quantitative estimate of drug-likeness (QED) is 0.477. The van der Waals surface area contributed by atoms with E-state index in [4.69, 9.17) is 14.9 Å². The van der Waals surface area contributed by atoms with Crippen LogP contribution in [-0.4, -0.2) is 60.2 Å². The zero-order valence-electron chi connectivity index (χ0n) is 11.3. The molecule has 3 N–H and O–H groups in total. The first-order chi connectivity index (χ1) is 10.2. The first kappa shape index (κ1) is 15.1. The Kier molecular flexibility index (Phi) is 4.96. The average Bonchev–Trinajstić information content (AvgIpc) is 2.44. The molecule has 1 heterocycles. The number of likely N-dealkylation sites (tertiary alicyclic amines) is 1. The molecule has 0 aliphatic carbocycles. The molecular weight excluding hydrogens is 278 g/mol. The van der Waals surface area contributed by atoms with Gasteiger partial charge in [0.2, 0.25) is 6.41 Å². The molecule has 1 saturated heterocycles. The molecule has 0 spiro atoms. The van der Waals surface area contributed by atoms with E-state index >= 15 is 0 Å². The molecule has 0 unspecified atom stereocenters. The predicted molar refractivity (Wildman–Crippen MR) is 73.7 cm³/mol. The molecule has 0 atom stereocenters. The van der Waals surface area contributed by atoms with E-state index in [9.17, 15) is 9.59 Å². The van der Waals surface area contributed by atoms with Crippen molar-refractivity contribution >= 4 is 18.1 Å². The largest absolute Gasteiger partial charge is 0.487 e. The lowest BCUT2D eigenvalue weighted by atomic mass is 10.2. The number of amides is 3. The minimum Gasteiger partial charge on any atom is -0.487 e. The molecule has 0 radical (unpaired) electrons. The van der Waals surface area contributed by atoms with Gasteiger partial charge in [-0.15, -0.1) is 0 Å². The lowest BCUT2D eigenvalue weighted by Crippen LogP contribution is -2.58. The van der Waals surface area contributed by atoms with Crippen LogP contribution in [0.2, 0.25) is 0 Å². The third kappa shape index (κ3) is 3.61. The number of benzene rings is 1. The molecule has 0 aromatic heterocycles. The van der Waals surface area contributed by atoms with Crippen LogP contribution >= 0.6 is 0 Å². The van der Waals surface area contributed by atoms with Gasteiger partial charge in [0, 0.05) is 11.8 Å². The number of nitrogens with one attached hydrogen (secondary N) is 1. The molecule has 1 aromatic rings. The fraction of sp³-hybridized carbons (Fsp3) is 0.385. The van der Waals surface area contributed by atoms with Crippen molar-refractivity contribution in [3.05, 3.63) is 24.3 Å². The number of hydrogen-bond donors (Lipinski definition) is 3. The van der Waals surface area contributed by atoms with Crippen molar-refractivity contribution in [1.82, 2.24) is 10.2 Å². The Hall–Kier alpha value is -2.32. The van der Waals surface area contributed by atoms with E-state index in [-0.39, 0.29) is 12.1 Å². The van der Waals surface area contributed by atoms with Crippen molar-refractivity contribution < 1.29 is 24.5 Å². The fourth-order valence-electron chi connectivity index (χ4n) is 1.96. The number of urea groups is 1. The van der Waals surface area contributed by atoms with Crippen LogP contribution in [0.5, 0.6) is 5.75 Å². The van der Waals surface area contributed by atoms with Crippen LogP contribution in [0.3, 0.4) is 0 Å². The van der Waals surface area contributed by atoms with E-state index in [2.05, 4.69) is 5.32 Å². The smallest absolute Gasteiger partial charge is 0.319 e. The number of rotatable bonds is 6. The molecule has 8 heteroatoms. The number of hydrogen-bond acceptors (Lipinski definition) is 5. The second-order valence-electron chi connectivity index (χ2n) is 4.50. The molecule has 21 heavy (non-hydrogen) atoms. The van der Waals surface area contributed by atoms with E-state index in [0.29, 0.717) is 30.9 Å². The molecule has 2 rings (SSSR count). The summed E-state index contributed by atoms with van der Waals surface area (Å²) in [5, 5.41) is 19.9. The molecule has 8 nitrogen and oxygen atoms in total. The number of aliphatic hydroxyl groups is 2. The number of carbonyl (C=O) groups is 2. The lowest BCUT2D eigenvalue weighted by Gasteiger charge is -2.38. The van der Waals surface area contributed by atoms with Crippen LogP contribution in [-0.2, 0) is 4.79 Å². The lowest BCUT2D eigenvalue weighted by molar-refractivity contribution is -0.108. The molecule has 0 bridgehead atoms. The molecule has 0 saturated carbocycles. The van der Waals surface area contributed by atoms with Crippen LogP contribution in [0.4, 0.5) is 10.5 Å². The van der Waals surface area contributed by atoms with Gasteiger partial charge in [0.25, 0.3) is 0 Å². The standard InChI is InChI=1S/C13H17N3O5/c17-7-14-13(20)15-5-12(6-15)21-11-3-1-2-10(4-11)16(8-18)9-19/h1-4,8,12,17,19H,5-7,9H2,(H,14,20). The maximum absolute atomic E-state index is 11.4. The van der Waals surface area contributed by atoms with E-state index in [0.717, 1.165) is 4.90 Å². The minimum absolute atomic E-state index is 0.136. The molecule has 114 valence electrons. The average molecular weight is 295 g/mol. The van der Waals surface area contributed by atoms with Gasteiger partial charge in [0.1, 0.15) is 25.3 Å². The SMILES string of the molecule is O=CN(CO)c1cccc(OC2CN(C(=O)NCO)C2)c1. The molecule has 1 fully saturated rings. The predicted octanol–water partition coefficient (Wildman–Crippen LogP) is -0.678. The van der Waals surface area contributed by atoms with Crippen LogP contribution in [0.15, 0.2) is 24.3 Å². The Bertz CT molecular complexity index is 504. The minimum atomic E-state index is -0.411. The Morgan fingerprint density at radius 2 is 2.24 bits per heavy atom. The Balaban J connectivity index is 1.89. The van der Waals surface area contributed by atoms with Crippen LogP contribution in [0, 0.1) is 0 Å². The summed E-state index contributed by atoms with van der Waals surface area (Å²) >= 11 is 0. The Labute approximate surface area is 121 Å². The van der Waals surface area contributed by atoms with Gasteiger partial charge in [-0.25, -0.2) is 4.79 Å². The Morgan fingerprint density at radius 3 is 2.86 bits per heavy atom. The van der Waals surface area contributed by atoms with Crippen molar-refractivity contribution in [2.75, 3.05) is 31.5 Å². The van der Waals surface area contributed by atoms with Crippen molar-refractivity contribution in [1.29, 1.82) is 0 Å². The summed E-state index contributed by atoms with van der Waals surface area (Å²) in [7, 11) is 0. The van der Waals surface area contributed by atoms with E-state index in [1.807, 2.05) is 0 Å². The van der Waals surface area contributed by atoms with Crippen LogP contribution in [0.1, 0.15) is 0 Å². The van der Waals surface area contributed by atoms with E-state index in [1.165, 1.54) is 4.90 Å². The van der Waals surface area contributed by atoms with Crippen LogP contribution in [0.25, 0.3) is 0 Å². The van der Waals surface area contributed by atoms with Crippen molar-refractivity contribution in [3.8, 4) is 5.75 Å². The number of anilines is 1. The number of aliphatic hydroxyl groups excluding tert-OH is 2. The van der Waals surface area contributed by atoms with Gasteiger partial charge >= 0.3 is 6.03 Å². The zero-order chi connectivity index (χ0) is 15.2. The summed E-state index contributed by atoms with van der Waals surface area (Å²) in [5.41, 5.74) is 0.527. The second kappa shape index (κ2) is 6.91. The van der Waals surface area contributed by atoms with Gasteiger partial charge in [0.05, 0.1) is 13.1 Å². The highest BCUT2D eigenvalue weighted by molar-refractivity contribution is 5.75. The van der Waals surface area contributed by atoms with Gasteiger partial charge in [-0.3, -0.25) is 9.69 Å². The summed E-state index contributed by atoms with van der Waals surface area (Å²) in [4.78, 5) is 24.8. The summed E-state index contributed by atoms with van der Waals surface area (Å²) in [6.45, 7) is 0.0397. The molecule has 1 aromatic carbocycles. The van der Waals surface area contributed by atoms with Gasteiger partial charge in [-0.2, -0.15) is 0 Å². The van der Waals surface area contributed by atoms with Crippen LogP contribution < -0.4 is 15.0 Å². The molecule has 1 aliphatic rings. The number of carbonyl (C=O) groups excluding carboxylic acids is 2. The van der Waals surface area contributed by atoms with E-state index in [1.54, 1.807) is 24.3 Å². The van der Waals surface area contributed by atoms with Gasteiger partial charge in [-0.05, 0) is 12.1 Å². The molecule has 3 amide bonds. The van der Waals surface area contributed by atoms with Gasteiger partial charge in [-0.1, -0.05) is 6.07 Å². The number of nitrogens with zero attached hydrogens (tertiary/aromatic N) is 2. The monoisotopic (exact) mass is 295 g/mol. The summed E-state index contributed by atoms with van der Waals surface area (Å²) in [6.07, 6.45) is 0.396. The first-order valence-electron chi connectivity index (χ1n) is 6.41. The fourth-order valence-corrected chi connectivity index (χ4v) is 1.96. The third-order valence-corrected chi connectivity index (χ3v) is 3.10. The molecular formula is C13H17N3O5. The second-order valence-corrected chi connectivity index (χ2v) is 4.50. The maximum Gasteiger partial charge on any atom is 0.319 e. The van der Waals surface area contributed by atoms with Gasteiger partial charge in [0.15, 0.2) is 0 Å². The Morgan fingerprint density at radius 1 is 1.48 bits per heavy atom. The normalized spacial score (nSPS) is 14.3. The van der Waals surface area contributed by atoms with Crippen molar-refractivity contribution in [2.24, 2.45) is 0 Å². The summed E-state index contributed by atoms with van der Waals surface area (Å²) in [6, 6.07) is 6.44. The van der Waals surface area contributed by atoms with Crippen molar-refractivity contribution in [3.63, 3.8) is 0 Å². The summed E-state index contributed by atoms with van der Waals surface area (Å²) < 4.78 is 5.68.